The standard InChI is InChI=1S/C60H78O16/c1-7-63-41-21-23-43-65-59-51(26-14-18-46-72-68-10-4)31-32-52(60(59)66-44-24-22-42-64-8-2)34-40-58(62)76-54-37-35-53(36-38-54)75-57(61)39-33-50-30-29-49(25-13-17-45-71-67-9-3)55(27-15-19-47-73-69-11-5)56(50)28-16-20-48-74-70-12-6/h7-12,29-40H,1-6,13-28,41-48H2. The van der Waals surface area contributed by atoms with Crippen LogP contribution in [-0.4, -0.2) is 64.8 Å². The molecule has 16 nitrogen and oxygen atoms in total. The summed E-state index contributed by atoms with van der Waals surface area (Å²) in [5.74, 6) is 0.428. The van der Waals surface area contributed by atoms with Crippen LogP contribution in [0.15, 0.2) is 138 Å². The van der Waals surface area contributed by atoms with Crippen molar-refractivity contribution in [2.24, 2.45) is 0 Å². The zero-order valence-corrected chi connectivity index (χ0v) is 44.1. The lowest BCUT2D eigenvalue weighted by molar-refractivity contribution is -0.248. The number of aryl methyl sites for hydroxylation is 2. The van der Waals surface area contributed by atoms with E-state index in [0.717, 1.165) is 107 Å². The van der Waals surface area contributed by atoms with Crippen molar-refractivity contribution in [3.05, 3.63) is 171 Å². The van der Waals surface area contributed by atoms with E-state index in [1.54, 1.807) is 36.4 Å². The molecular weight excluding hydrogens is 977 g/mol. The van der Waals surface area contributed by atoms with Crippen molar-refractivity contribution in [2.45, 2.75) is 103 Å². The Balaban J connectivity index is 1.79. The Morgan fingerprint density at radius 3 is 1.22 bits per heavy atom. The number of carbonyl (C=O) groups excluding carboxylic acids is 2. The molecule has 0 saturated carbocycles. The summed E-state index contributed by atoms with van der Waals surface area (Å²) in [6.07, 6.45) is 26.3. The number of hydrogen-bond acceptors (Lipinski definition) is 16. The summed E-state index contributed by atoms with van der Waals surface area (Å²) >= 11 is 0. The summed E-state index contributed by atoms with van der Waals surface area (Å²) in [6, 6.07) is 14.2. The van der Waals surface area contributed by atoms with Crippen LogP contribution >= 0.6 is 0 Å². The fourth-order valence-corrected chi connectivity index (χ4v) is 7.56. The summed E-state index contributed by atoms with van der Waals surface area (Å²) in [7, 11) is 0. The molecule has 0 fully saturated rings. The Morgan fingerprint density at radius 1 is 0.368 bits per heavy atom. The van der Waals surface area contributed by atoms with Crippen LogP contribution in [0.3, 0.4) is 0 Å². The van der Waals surface area contributed by atoms with Gasteiger partial charge in [-0.1, -0.05) is 63.7 Å². The first kappa shape index (κ1) is 63.1. The van der Waals surface area contributed by atoms with Crippen LogP contribution in [-0.2, 0) is 83.8 Å². The zero-order chi connectivity index (χ0) is 54.5. The van der Waals surface area contributed by atoms with Gasteiger partial charge in [0.05, 0.1) is 65.4 Å². The SMILES string of the molecule is C=COCCCCOc1c(C=CC(=O)Oc2ccc(OC(=O)C=Cc3ccc(CCCCOOC=C)c(CCCCOOC=C)c3CCCCOOC=C)cc2)ccc(CCCCOOC=C)c1OCCCCOC=C. The van der Waals surface area contributed by atoms with Gasteiger partial charge in [-0.15, -0.1) is 0 Å². The lowest BCUT2D eigenvalue weighted by Crippen LogP contribution is -2.08. The molecule has 3 aromatic carbocycles. The summed E-state index contributed by atoms with van der Waals surface area (Å²) in [5.41, 5.74) is 6.06. The summed E-state index contributed by atoms with van der Waals surface area (Å²) in [5, 5.41) is 0. The molecule has 0 spiro atoms. The van der Waals surface area contributed by atoms with E-state index in [-0.39, 0.29) is 11.5 Å². The van der Waals surface area contributed by atoms with Crippen molar-refractivity contribution in [1.29, 1.82) is 0 Å². The highest BCUT2D eigenvalue weighted by molar-refractivity contribution is 5.90. The number of ether oxygens (including phenoxy) is 6. The van der Waals surface area contributed by atoms with E-state index < -0.39 is 11.9 Å². The number of carbonyl (C=O) groups is 2. The molecule has 0 saturated heterocycles. The van der Waals surface area contributed by atoms with E-state index in [9.17, 15) is 9.59 Å². The molecule has 3 rings (SSSR count). The molecule has 0 radical (unpaired) electrons. The van der Waals surface area contributed by atoms with Gasteiger partial charge in [-0.2, -0.15) is 19.6 Å². The first-order chi connectivity index (χ1) is 37.4. The molecule has 0 aliphatic carbocycles. The number of hydrogen-bond donors (Lipinski definition) is 0. The molecule has 0 amide bonds. The first-order valence-corrected chi connectivity index (χ1v) is 25.9. The predicted octanol–water partition coefficient (Wildman–Crippen LogP) is 13.2. The summed E-state index contributed by atoms with van der Waals surface area (Å²) < 4.78 is 34.7. The molecule has 16 heteroatoms. The molecule has 76 heavy (non-hydrogen) atoms. The number of esters is 2. The highest BCUT2D eigenvalue weighted by Gasteiger charge is 2.18. The minimum absolute atomic E-state index is 0.251. The fraction of sp³-hybridized carbons (Fsp3) is 0.400. The smallest absolute Gasteiger partial charge is 0.336 e. The molecule has 0 N–H and O–H groups in total. The van der Waals surface area contributed by atoms with Gasteiger partial charge in [0.25, 0.3) is 0 Å². The minimum atomic E-state index is -0.628. The van der Waals surface area contributed by atoms with E-state index in [1.807, 2.05) is 18.2 Å². The second-order valence-corrected chi connectivity index (χ2v) is 16.6. The van der Waals surface area contributed by atoms with E-state index in [0.29, 0.717) is 82.8 Å². The average Bonchev–Trinajstić information content (AvgIpc) is 3.43. The number of benzene rings is 3. The van der Waals surface area contributed by atoms with Gasteiger partial charge in [-0.05, 0) is 167 Å². The lowest BCUT2D eigenvalue weighted by atomic mass is 9.87. The van der Waals surface area contributed by atoms with Gasteiger partial charge in [0.2, 0.25) is 0 Å². The fourth-order valence-electron chi connectivity index (χ4n) is 7.56. The molecule has 0 aliphatic rings. The number of rotatable bonds is 48. The lowest BCUT2D eigenvalue weighted by Gasteiger charge is -2.19. The second-order valence-electron chi connectivity index (χ2n) is 16.6. The van der Waals surface area contributed by atoms with Crippen LogP contribution in [0, 0.1) is 0 Å². The van der Waals surface area contributed by atoms with Crippen LogP contribution in [0.2, 0.25) is 0 Å². The van der Waals surface area contributed by atoms with Crippen molar-refractivity contribution in [3.63, 3.8) is 0 Å². The quantitative estimate of drug-likeness (QED) is 0.00997. The molecular formula is C60H78O16. The molecule has 0 aliphatic heterocycles. The van der Waals surface area contributed by atoms with Crippen LogP contribution in [0.4, 0.5) is 0 Å². The Labute approximate surface area is 449 Å². The van der Waals surface area contributed by atoms with Crippen molar-refractivity contribution in [3.8, 4) is 23.0 Å². The summed E-state index contributed by atoms with van der Waals surface area (Å²) in [4.78, 5) is 66.4. The van der Waals surface area contributed by atoms with E-state index in [2.05, 4.69) is 45.5 Å². The van der Waals surface area contributed by atoms with Crippen molar-refractivity contribution < 1.29 is 77.1 Å². The van der Waals surface area contributed by atoms with E-state index in [1.165, 1.54) is 60.9 Å². The molecule has 3 aromatic rings. The van der Waals surface area contributed by atoms with Gasteiger partial charge in [0, 0.05) is 17.7 Å². The molecule has 414 valence electrons. The predicted molar refractivity (Wildman–Crippen MR) is 291 cm³/mol. The highest BCUT2D eigenvalue weighted by Crippen LogP contribution is 2.38. The third-order valence-electron chi connectivity index (χ3n) is 11.1. The number of unbranched alkanes of at least 4 members (excludes halogenated alkanes) is 6. The monoisotopic (exact) mass is 1050 g/mol. The largest absolute Gasteiger partial charge is 0.502 e. The van der Waals surface area contributed by atoms with Crippen molar-refractivity contribution >= 4 is 24.1 Å². The van der Waals surface area contributed by atoms with Gasteiger partial charge in [-0.3, -0.25) is 0 Å². The maximum absolute atomic E-state index is 13.3. The summed E-state index contributed by atoms with van der Waals surface area (Å²) in [6.45, 7) is 24.7. The molecule has 0 heterocycles. The van der Waals surface area contributed by atoms with E-state index >= 15 is 0 Å². The Morgan fingerprint density at radius 2 is 0.750 bits per heavy atom. The molecule has 0 aromatic heterocycles. The van der Waals surface area contributed by atoms with Gasteiger partial charge in [0.15, 0.2) is 11.5 Å². The van der Waals surface area contributed by atoms with Crippen LogP contribution < -0.4 is 18.9 Å². The first-order valence-electron chi connectivity index (χ1n) is 25.9. The van der Waals surface area contributed by atoms with Gasteiger partial charge >= 0.3 is 11.9 Å². The van der Waals surface area contributed by atoms with Gasteiger partial charge in [-0.25, -0.2) is 9.59 Å². The zero-order valence-electron chi connectivity index (χ0n) is 44.1. The average molecular weight is 1060 g/mol. The van der Waals surface area contributed by atoms with Gasteiger partial charge < -0.3 is 48.0 Å². The topological polar surface area (TPSA) is 163 Å². The van der Waals surface area contributed by atoms with Crippen LogP contribution in [0.5, 0.6) is 23.0 Å². The third-order valence-corrected chi connectivity index (χ3v) is 11.1. The maximum atomic E-state index is 13.3. The Hall–Kier alpha value is -7.24. The van der Waals surface area contributed by atoms with Crippen molar-refractivity contribution in [2.75, 3.05) is 52.9 Å². The van der Waals surface area contributed by atoms with Crippen LogP contribution in [0.1, 0.15) is 110 Å². The second kappa shape index (κ2) is 42.0. The highest BCUT2D eigenvalue weighted by atomic mass is 17.2. The maximum Gasteiger partial charge on any atom is 0.336 e. The molecule has 0 atom stereocenters. The van der Waals surface area contributed by atoms with E-state index in [4.69, 9.17) is 67.5 Å². The van der Waals surface area contributed by atoms with Gasteiger partial charge in [0.1, 0.15) is 36.5 Å². The normalized spacial score (nSPS) is 10.8. The Bertz CT molecular complexity index is 2060. The molecule has 0 unspecified atom stereocenters. The Kier molecular flexibility index (Phi) is 34.9. The van der Waals surface area contributed by atoms with Crippen molar-refractivity contribution in [1.82, 2.24) is 0 Å². The minimum Gasteiger partial charge on any atom is -0.502 e. The van der Waals surface area contributed by atoms with Crippen LogP contribution in [0.25, 0.3) is 12.2 Å². The third kappa shape index (κ3) is 27.3. The molecule has 0 bridgehead atoms.